The molecule has 1 amide bonds. The molecule has 0 aromatic heterocycles. The summed E-state index contributed by atoms with van der Waals surface area (Å²) in [4.78, 5) is 20.3. The number of guanidine groups is 1. The molecule has 0 spiro atoms. The van der Waals surface area contributed by atoms with Crippen molar-refractivity contribution in [1.82, 2.24) is 9.80 Å². The minimum atomic E-state index is -0.518. The Morgan fingerprint density at radius 2 is 1.92 bits per heavy atom. The Balaban J connectivity index is 0.00000529. The van der Waals surface area contributed by atoms with Crippen LogP contribution in [0.2, 0.25) is 0 Å². The predicted octanol–water partition coefficient (Wildman–Crippen LogP) is 1.85. The molecular formula is C15H31IN4O3S. The molecule has 9 heteroatoms. The van der Waals surface area contributed by atoms with Crippen LogP contribution in [-0.4, -0.2) is 85.4 Å². The molecule has 1 fully saturated rings. The number of methoxy groups -OCH3 is 1. The lowest BCUT2D eigenvalue weighted by molar-refractivity contribution is 0.0208. The Bertz CT molecular complexity index is 399. The van der Waals surface area contributed by atoms with Crippen LogP contribution in [0.15, 0.2) is 4.99 Å². The van der Waals surface area contributed by atoms with Gasteiger partial charge in [0.25, 0.3) is 0 Å². The van der Waals surface area contributed by atoms with Crippen LogP contribution in [0.1, 0.15) is 20.8 Å². The van der Waals surface area contributed by atoms with Crippen LogP contribution < -0.4 is 5.73 Å². The van der Waals surface area contributed by atoms with Crippen LogP contribution in [-0.2, 0) is 9.47 Å². The van der Waals surface area contributed by atoms with E-state index in [9.17, 15) is 4.79 Å². The second-order valence-electron chi connectivity index (χ2n) is 6.30. The number of carbonyl (C=O) groups excluding carboxylic acids is 1. The van der Waals surface area contributed by atoms with Crippen LogP contribution in [0, 0.1) is 0 Å². The van der Waals surface area contributed by atoms with E-state index in [1.165, 1.54) is 0 Å². The quantitative estimate of drug-likeness (QED) is 0.360. The highest BCUT2D eigenvalue weighted by atomic mass is 127. The molecule has 1 heterocycles. The summed E-state index contributed by atoms with van der Waals surface area (Å²) in [5, 5.41) is 0. The molecule has 0 radical (unpaired) electrons. The van der Waals surface area contributed by atoms with Crippen molar-refractivity contribution in [1.29, 1.82) is 0 Å². The summed E-state index contributed by atoms with van der Waals surface area (Å²) in [7, 11) is 1.61. The second-order valence-corrected chi connectivity index (χ2v) is 7.52. The molecule has 7 nitrogen and oxygen atoms in total. The van der Waals surface area contributed by atoms with Gasteiger partial charge in [-0.2, -0.15) is 11.8 Å². The summed E-state index contributed by atoms with van der Waals surface area (Å²) in [5.74, 6) is 2.71. The zero-order valence-electron chi connectivity index (χ0n) is 15.1. The predicted molar refractivity (Wildman–Crippen MR) is 110 cm³/mol. The highest BCUT2D eigenvalue weighted by Gasteiger charge is 2.21. The van der Waals surface area contributed by atoms with Crippen LogP contribution in [0.4, 0.5) is 4.79 Å². The average molecular weight is 474 g/mol. The second kappa shape index (κ2) is 12.0. The maximum absolute atomic E-state index is 12.2. The highest BCUT2D eigenvalue weighted by Crippen LogP contribution is 2.10. The monoisotopic (exact) mass is 474 g/mol. The van der Waals surface area contributed by atoms with E-state index < -0.39 is 5.60 Å². The molecule has 0 unspecified atom stereocenters. The fourth-order valence-corrected chi connectivity index (χ4v) is 2.90. The third-order valence-electron chi connectivity index (χ3n) is 3.20. The van der Waals surface area contributed by atoms with E-state index in [1.54, 1.807) is 12.0 Å². The van der Waals surface area contributed by atoms with Gasteiger partial charge >= 0.3 is 6.09 Å². The van der Waals surface area contributed by atoms with Crippen LogP contribution >= 0.6 is 35.7 Å². The summed E-state index contributed by atoms with van der Waals surface area (Å²) in [5.41, 5.74) is 5.50. The fraction of sp³-hybridized carbons (Fsp3) is 0.867. The van der Waals surface area contributed by atoms with Crippen molar-refractivity contribution >= 4 is 47.8 Å². The van der Waals surface area contributed by atoms with Gasteiger partial charge < -0.3 is 25.0 Å². The average Bonchev–Trinajstić information content (AvgIpc) is 2.49. The van der Waals surface area contributed by atoms with Gasteiger partial charge in [0.1, 0.15) is 5.60 Å². The summed E-state index contributed by atoms with van der Waals surface area (Å²) in [6.45, 7) is 9.26. The number of thioether (sulfide) groups is 1. The van der Waals surface area contributed by atoms with Gasteiger partial charge in [-0.3, -0.25) is 4.99 Å². The number of amides is 1. The van der Waals surface area contributed by atoms with Crippen LogP contribution in [0.25, 0.3) is 0 Å². The lowest BCUT2D eigenvalue weighted by Gasteiger charge is -2.28. The number of hydrogen-bond acceptors (Lipinski definition) is 5. The van der Waals surface area contributed by atoms with Gasteiger partial charge in [-0.25, -0.2) is 4.79 Å². The maximum atomic E-state index is 12.2. The number of rotatable bonds is 6. The van der Waals surface area contributed by atoms with E-state index >= 15 is 0 Å². The van der Waals surface area contributed by atoms with Gasteiger partial charge in [0, 0.05) is 44.8 Å². The van der Waals surface area contributed by atoms with E-state index in [0.29, 0.717) is 32.2 Å². The summed E-state index contributed by atoms with van der Waals surface area (Å²) in [6.07, 6.45) is -0.349. The van der Waals surface area contributed by atoms with Crippen molar-refractivity contribution in [2.75, 3.05) is 57.9 Å². The smallest absolute Gasteiger partial charge is 0.410 e. The molecule has 1 aliphatic rings. The zero-order chi connectivity index (χ0) is 17.3. The Morgan fingerprint density at radius 1 is 1.29 bits per heavy atom. The molecule has 142 valence electrons. The largest absolute Gasteiger partial charge is 0.444 e. The van der Waals surface area contributed by atoms with Crippen molar-refractivity contribution in [2.24, 2.45) is 10.7 Å². The number of hydrogen-bond donors (Lipinski definition) is 1. The first kappa shape index (κ1) is 23.6. The van der Waals surface area contributed by atoms with Crippen molar-refractivity contribution in [3.8, 4) is 0 Å². The molecule has 0 aromatic rings. The molecule has 1 saturated heterocycles. The first-order valence-electron chi connectivity index (χ1n) is 7.93. The van der Waals surface area contributed by atoms with E-state index in [0.717, 1.165) is 24.6 Å². The molecule has 1 aliphatic heterocycles. The standard InChI is InChI=1S/C15H30N4O3S.HI/c1-15(2,3)22-14(20)19(7-10-21-4)6-5-17-13(16)18-8-11-23-12-9-18;/h5-12H2,1-4H3,(H2,16,17);1H. The SMILES string of the molecule is COCCN(CCN=C(N)N1CCSCC1)C(=O)OC(C)(C)C.I. The highest BCUT2D eigenvalue weighted by molar-refractivity contribution is 14.0. The molecular weight excluding hydrogens is 443 g/mol. The van der Waals surface area contributed by atoms with E-state index in [4.69, 9.17) is 15.2 Å². The lowest BCUT2D eigenvalue weighted by Crippen LogP contribution is -2.43. The fourth-order valence-electron chi connectivity index (χ4n) is 2.00. The van der Waals surface area contributed by atoms with Gasteiger partial charge in [0.05, 0.1) is 13.2 Å². The Hall–Kier alpha value is -0.420. The van der Waals surface area contributed by atoms with Crippen molar-refractivity contribution in [2.45, 2.75) is 26.4 Å². The van der Waals surface area contributed by atoms with E-state index in [1.807, 2.05) is 32.5 Å². The molecule has 0 aromatic carbocycles. The normalized spacial score (nSPS) is 15.7. The van der Waals surface area contributed by atoms with Gasteiger partial charge in [-0.15, -0.1) is 24.0 Å². The van der Waals surface area contributed by atoms with Gasteiger partial charge in [0.15, 0.2) is 5.96 Å². The molecule has 0 bridgehead atoms. The van der Waals surface area contributed by atoms with Crippen molar-refractivity contribution in [3.63, 3.8) is 0 Å². The third-order valence-corrected chi connectivity index (χ3v) is 4.14. The van der Waals surface area contributed by atoms with Crippen molar-refractivity contribution < 1.29 is 14.3 Å². The molecule has 0 saturated carbocycles. The number of halogens is 1. The molecule has 0 aliphatic carbocycles. The molecule has 0 atom stereocenters. The summed E-state index contributed by atoms with van der Waals surface area (Å²) >= 11 is 1.93. The molecule has 1 rings (SSSR count). The third kappa shape index (κ3) is 9.77. The van der Waals surface area contributed by atoms with Crippen LogP contribution in [0.3, 0.4) is 0 Å². The minimum absolute atomic E-state index is 0. The molecule has 2 N–H and O–H groups in total. The first-order valence-corrected chi connectivity index (χ1v) is 9.08. The number of carbonyl (C=O) groups is 1. The number of nitrogens with two attached hydrogens (primary N) is 1. The number of ether oxygens (including phenoxy) is 2. The van der Waals surface area contributed by atoms with E-state index in [2.05, 4.69) is 9.89 Å². The lowest BCUT2D eigenvalue weighted by atomic mass is 10.2. The van der Waals surface area contributed by atoms with Gasteiger partial charge in [-0.1, -0.05) is 0 Å². The summed E-state index contributed by atoms with van der Waals surface area (Å²) in [6, 6.07) is 0. The Morgan fingerprint density at radius 3 is 2.46 bits per heavy atom. The minimum Gasteiger partial charge on any atom is -0.444 e. The first-order chi connectivity index (χ1) is 10.8. The van der Waals surface area contributed by atoms with E-state index in [-0.39, 0.29) is 30.1 Å². The van der Waals surface area contributed by atoms with Gasteiger partial charge in [0.2, 0.25) is 0 Å². The molecule has 24 heavy (non-hydrogen) atoms. The zero-order valence-corrected chi connectivity index (χ0v) is 18.3. The number of nitrogens with zero attached hydrogens (tertiary/aromatic N) is 3. The van der Waals surface area contributed by atoms with Crippen LogP contribution in [0.5, 0.6) is 0 Å². The summed E-state index contributed by atoms with van der Waals surface area (Å²) < 4.78 is 10.5. The maximum Gasteiger partial charge on any atom is 0.410 e. The van der Waals surface area contributed by atoms with Crippen molar-refractivity contribution in [3.05, 3.63) is 0 Å². The Labute approximate surface area is 166 Å². The topological polar surface area (TPSA) is 80.4 Å². The number of aliphatic imine (C=N–C) groups is 1. The van der Waals surface area contributed by atoms with Gasteiger partial charge in [-0.05, 0) is 20.8 Å². The Kier molecular flexibility index (Phi) is 11.8.